The lowest BCUT2D eigenvalue weighted by atomic mass is 9.92. The number of carbonyl (C=O) groups is 2. The summed E-state index contributed by atoms with van der Waals surface area (Å²) in [4.78, 5) is 29.0. The number of guanidine groups is 1. The van der Waals surface area contributed by atoms with E-state index in [0.29, 0.717) is 11.1 Å². The van der Waals surface area contributed by atoms with Crippen LogP contribution in [0.2, 0.25) is 0 Å². The van der Waals surface area contributed by atoms with Crippen molar-refractivity contribution < 1.29 is 27.5 Å². The molecule has 0 saturated heterocycles. The largest absolute Gasteiger partial charge is 0.466 e. The molecule has 0 fully saturated rings. The quantitative estimate of drug-likeness (QED) is 0.397. The fourth-order valence-corrected chi connectivity index (χ4v) is 4.47. The molecule has 3 aromatic carbocycles. The second-order valence-corrected chi connectivity index (χ2v) is 8.85. The van der Waals surface area contributed by atoms with Gasteiger partial charge in [0.1, 0.15) is 6.04 Å². The fourth-order valence-electron chi connectivity index (χ4n) is 4.47. The lowest BCUT2D eigenvalue weighted by Crippen LogP contribution is -2.56. The highest BCUT2D eigenvalue weighted by molar-refractivity contribution is 6.10. The van der Waals surface area contributed by atoms with Crippen LogP contribution in [0.3, 0.4) is 0 Å². The number of nitrogens with one attached hydrogen (secondary N) is 2. The molecule has 0 aliphatic carbocycles. The van der Waals surface area contributed by atoms with Crippen molar-refractivity contribution in [3.63, 3.8) is 0 Å². The highest BCUT2D eigenvalue weighted by atomic mass is 19.4. The van der Waals surface area contributed by atoms with Crippen molar-refractivity contribution >= 4 is 23.6 Å². The Bertz CT molecular complexity index is 1510. The van der Waals surface area contributed by atoms with Crippen molar-refractivity contribution in [3.05, 3.63) is 112 Å². The Labute approximate surface area is 228 Å². The van der Waals surface area contributed by atoms with Crippen LogP contribution < -0.4 is 10.2 Å². The van der Waals surface area contributed by atoms with Crippen molar-refractivity contribution in [1.82, 2.24) is 10.2 Å². The second-order valence-electron chi connectivity index (χ2n) is 8.85. The van der Waals surface area contributed by atoms with Crippen molar-refractivity contribution in [2.75, 3.05) is 12.0 Å². The molecule has 4 rings (SSSR count). The maximum atomic E-state index is 13.7. The number of amides is 2. The molecule has 1 aliphatic heterocycles. The van der Waals surface area contributed by atoms with Crippen LogP contribution in [0.5, 0.6) is 0 Å². The Morgan fingerprint density at radius 1 is 1.05 bits per heavy atom. The third-order valence-corrected chi connectivity index (χ3v) is 6.39. The molecule has 40 heavy (non-hydrogen) atoms. The SMILES string of the molecule is COC(=O)C1=C(C)N(c2cccc(C(F)(F)F)c2)C(=N)N(C(=O)NCc2ccccc2)C1c1ccc(C#N)cc1. The Kier molecular flexibility index (Phi) is 7.90. The summed E-state index contributed by atoms with van der Waals surface area (Å²) in [5.41, 5.74) is 0.511. The summed E-state index contributed by atoms with van der Waals surface area (Å²) in [6, 6.07) is 19.4. The van der Waals surface area contributed by atoms with Crippen molar-refractivity contribution in [3.8, 4) is 6.07 Å². The van der Waals surface area contributed by atoms with Gasteiger partial charge in [-0.3, -0.25) is 15.2 Å². The van der Waals surface area contributed by atoms with Crippen molar-refractivity contribution in [2.45, 2.75) is 25.7 Å². The van der Waals surface area contributed by atoms with Crippen LogP contribution in [-0.4, -0.2) is 30.0 Å². The number of alkyl halides is 3. The molecule has 0 bridgehead atoms. The summed E-state index contributed by atoms with van der Waals surface area (Å²) < 4.78 is 45.7. The number of hydrogen-bond donors (Lipinski definition) is 2. The van der Waals surface area contributed by atoms with Gasteiger partial charge in [0.05, 0.1) is 29.9 Å². The van der Waals surface area contributed by atoms with Gasteiger partial charge in [-0.15, -0.1) is 0 Å². The molecule has 2 N–H and O–H groups in total. The van der Waals surface area contributed by atoms with E-state index < -0.39 is 35.7 Å². The fraction of sp³-hybridized carbons (Fsp3) is 0.172. The van der Waals surface area contributed by atoms with E-state index >= 15 is 0 Å². The Morgan fingerprint density at radius 2 is 1.73 bits per heavy atom. The number of esters is 1. The van der Waals surface area contributed by atoms with E-state index in [1.54, 1.807) is 36.4 Å². The number of nitrogens with zero attached hydrogens (tertiary/aromatic N) is 3. The van der Waals surface area contributed by atoms with Crippen LogP contribution in [0, 0.1) is 16.7 Å². The van der Waals surface area contributed by atoms with Gasteiger partial charge >= 0.3 is 18.2 Å². The average Bonchev–Trinajstić information content (AvgIpc) is 2.95. The molecular formula is C29H24F3N5O3. The molecule has 1 aliphatic rings. The number of methoxy groups -OCH3 is 1. The van der Waals surface area contributed by atoms with Crippen LogP contribution in [-0.2, 0) is 22.3 Å². The molecule has 0 spiro atoms. The minimum atomic E-state index is -4.66. The molecule has 0 aromatic heterocycles. The van der Waals surface area contributed by atoms with Gasteiger partial charge in [-0.1, -0.05) is 48.5 Å². The van der Waals surface area contributed by atoms with Crippen molar-refractivity contribution in [2.24, 2.45) is 0 Å². The Hall–Kier alpha value is -5.11. The lowest BCUT2D eigenvalue weighted by Gasteiger charge is -2.43. The van der Waals surface area contributed by atoms with E-state index in [0.717, 1.165) is 34.6 Å². The van der Waals surface area contributed by atoms with E-state index in [1.807, 2.05) is 12.1 Å². The molecule has 204 valence electrons. The molecule has 1 heterocycles. The summed E-state index contributed by atoms with van der Waals surface area (Å²) in [5.74, 6) is -1.32. The highest BCUT2D eigenvalue weighted by Gasteiger charge is 2.44. The number of carbonyl (C=O) groups excluding carboxylic acids is 2. The van der Waals surface area contributed by atoms with Gasteiger partial charge in [-0.2, -0.15) is 18.4 Å². The third kappa shape index (κ3) is 5.51. The molecule has 2 amide bonds. The first-order valence-corrected chi connectivity index (χ1v) is 12.0. The van der Waals surface area contributed by atoms with Gasteiger partial charge in [0.15, 0.2) is 0 Å². The summed E-state index contributed by atoms with van der Waals surface area (Å²) in [6.45, 7) is 1.56. The molecule has 0 saturated carbocycles. The summed E-state index contributed by atoms with van der Waals surface area (Å²) in [5, 5.41) is 21.0. The Morgan fingerprint density at radius 3 is 2.33 bits per heavy atom. The van der Waals surface area contributed by atoms with E-state index in [-0.39, 0.29) is 23.5 Å². The van der Waals surface area contributed by atoms with Gasteiger partial charge in [-0.05, 0) is 48.4 Å². The topological polar surface area (TPSA) is 110 Å². The van der Waals surface area contributed by atoms with Gasteiger partial charge < -0.3 is 10.1 Å². The second kappa shape index (κ2) is 11.3. The molecule has 11 heteroatoms. The predicted octanol–water partition coefficient (Wildman–Crippen LogP) is 5.73. The molecule has 0 radical (unpaired) electrons. The van der Waals surface area contributed by atoms with Crippen molar-refractivity contribution in [1.29, 1.82) is 10.7 Å². The average molecular weight is 548 g/mol. The number of halogens is 3. The molecule has 1 atom stereocenters. The zero-order valence-electron chi connectivity index (χ0n) is 21.5. The minimum Gasteiger partial charge on any atom is -0.466 e. The van der Waals surface area contributed by atoms with E-state index in [9.17, 15) is 28.0 Å². The van der Waals surface area contributed by atoms with Crippen LogP contribution in [0.15, 0.2) is 90.1 Å². The first-order chi connectivity index (χ1) is 19.1. The highest BCUT2D eigenvalue weighted by Crippen LogP contribution is 2.41. The van der Waals surface area contributed by atoms with E-state index in [2.05, 4.69) is 5.32 Å². The van der Waals surface area contributed by atoms with E-state index in [4.69, 9.17) is 10.1 Å². The maximum absolute atomic E-state index is 13.7. The summed E-state index contributed by atoms with van der Waals surface area (Å²) in [7, 11) is 1.15. The zero-order chi connectivity index (χ0) is 29.0. The van der Waals surface area contributed by atoms with Crippen LogP contribution in [0.4, 0.5) is 23.7 Å². The van der Waals surface area contributed by atoms with Gasteiger partial charge in [0.2, 0.25) is 5.96 Å². The summed E-state index contributed by atoms with van der Waals surface area (Å²) in [6.07, 6.45) is -4.66. The Balaban J connectivity index is 1.89. The van der Waals surface area contributed by atoms with Gasteiger partial charge in [-0.25, -0.2) is 9.59 Å². The van der Waals surface area contributed by atoms with Gasteiger partial charge in [0.25, 0.3) is 0 Å². The molecule has 3 aromatic rings. The van der Waals surface area contributed by atoms with Crippen LogP contribution >= 0.6 is 0 Å². The maximum Gasteiger partial charge on any atom is 0.416 e. The van der Waals surface area contributed by atoms with Gasteiger partial charge in [0, 0.05) is 17.9 Å². The number of ether oxygens (including phenoxy) is 1. The molecule has 1 unspecified atom stereocenters. The zero-order valence-corrected chi connectivity index (χ0v) is 21.5. The number of anilines is 1. The normalized spacial score (nSPS) is 15.5. The number of rotatable bonds is 5. The molecule has 8 nitrogen and oxygen atoms in total. The first-order valence-electron chi connectivity index (χ1n) is 12.0. The number of urea groups is 1. The lowest BCUT2D eigenvalue weighted by molar-refractivity contribution is -0.138. The third-order valence-electron chi connectivity index (χ3n) is 6.39. The van der Waals surface area contributed by atoms with Crippen LogP contribution in [0.1, 0.15) is 35.2 Å². The van der Waals surface area contributed by atoms with E-state index in [1.165, 1.54) is 31.2 Å². The number of hydrogen-bond acceptors (Lipinski definition) is 5. The minimum absolute atomic E-state index is 0.0597. The molecular weight excluding hydrogens is 523 g/mol. The van der Waals surface area contributed by atoms with Crippen LogP contribution in [0.25, 0.3) is 0 Å². The monoisotopic (exact) mass is 547 g/mol. The summed E-state index contributed by atoms with van der Waals surface area (Å²) >= 11 is 0. The first kappa shape index (κ1) is 27.9. The number of nitriles is 1. The number of benzene rings is 3. The standard InChI is InChI=1S/C29H24F3N5O3/c1-18-24(26(38)40-2)25(21-13-11-19(16-33)12-14-21)37(28(39)35-17-20-7-4-3-5-8-20)27(34)36(18)23-10-6-9-22(15-23)29(30,31)32/h3-15,25,34H,17H2,1-2H3,(H,35,39). The smallest absolute Gasteiger partial charge is 0.416 e. The predicted molar refractivity (Wildman–Crippen MR) is 141 cm³/mol. The number of allylic oxidation sites excluding steroid dienone is 1.